The quantitative estimate of drug-likeness (QED) is 0.464. The summed E-state index contributed by atoms with van der Waals surface area (Å²) in [4.78, 5) is 23.6. The van der Waals surface area contributed by atoms with Gasteiger partial charge in [-0.05, 0) is 35.7 Å². The first kappa shape index (κ1) is 20.1. The number of benzene rings is 2. The molecule has 1 amide bonds. The van der Waals surface area contributed by atoms with Crippen LogP contribution in [-0.2, 0) is 17.8 Å². The zero-order valence-corrected chi connectivity index (χ0v) is 17.9. The molecule has 3 heterocycles. The molecule has 0 saturated heterocycles. The smallest absolute Gasteiger partial charge is 0.233 e. The Bertz CT molecular complexity index is 1280. The van der Waals surface area contributed by atoms with Gasteiger partial charge in [0.05, 0.1) is 18.7 Å². The number of carbonyl (C=O) groups is 1. The van der Waals surface area contributed by atoms with Gasteiger partial charge in [-0.1, -0.05) is 38.1 Å². The second-order valence-corrected chi connectivity index (χ2v) is 8.17. The lowest BCUT2D eigenvalue weighted by Crippen LogP contribution is -2.26. The van der Waals surface area contributed by atoms with E-state index in [0.717, 1.165) is 16.8 Å². The topological polar surface area (TPSA) is 63.9 Å². The number of aromatic nitrogens is 4. The fourth-order valence-corrected chi connectivity index (χ4v) is 4.10. The second kappa shape index (κ2) is 8.00. The Kier molecular flexibility index (Phi) is 5.01. The summed E-state index contributed by atoms with van der Waals surface area (Å²) in [6, 6.07) is 14.7. The lowest BCUT2D eigenvalue weighted by molar-refractivity contribution is -0.117. The van der Waals surface area contributed by atoms with Crippen molar-refractivity contribution in [3.8, 4) is 17.1 Å². The van der Waals surface area contributed by atoms with Crippen molar-refractivity contribution in [3.05, 3.63) is 89.6 Å². The first-order chi connectivity index (χ1) is 15.5. The monoisotopic (exact) mass is 427 g/mol. The van der Waals surface area contributed by atoms with Crippen LogP contribution in [0, 0.1) is 5.82 Å². The van der Waals surface area contributed by atoms with Gasteiger partial charge in [-0.2, -0.15) is 5.10 Å². The lowest BCUT2D eigenvalue weighted by Gasteiger charge is -2.18. The summed E-state index contributed by atoms with van der Waals surface area (Å²) in [5.41, 5.74) is 3.96. The summed E-state index contributed by atoms with van der Waals surface area (Å²) in [6.45, 7) is 4.29. The summed E-state index contributed by atoms with van der Waals surface area (Å²) >= 11 is 0. The molecule has 4 aromatic rings. The van der Waals surface area contributed by atoms with Crippen LogP contribution >= 0.6 is 0 Å². The maximum Gasteiger partial charge on any atom is 0.233 e. The van der Waals surface area contributed by atoms with E-state index in [1.807, 2.05) is 56.4 Å². The largest absolute Gasteiger partial charge is 0.292 e. The molecule has 0 unspecified atom stereocenters. The Morgan fingerprint density at radius 3 is 2.62 bits per heavy atom. The van der Waals surface area contributed by atoms with Crippen molar-refractivity contribution < 1.29 is 9.18 Å². The molecular weight excluding hydrogens is 405 g/mol. The van der Waals surface area contributed by atoms with E-state index in [0.29, 0.717) is 29.3 Å². The Labute approximate surface area is 185 Å². The minimum atomic E-state index is -0.271. The molecule has 0 radical (unpaired) electrons. The Morgan fingerprint density at radius 1 is 1.09 bits per heavy atom. The molecule has 0 bridgehead atoms. The molecule has 7 heteroatoms. The molecule has 0 N–H and O–H groups in total. The van der Waals surface area contributed by atoms with Crippen molar-refractivity contribution in [3.63, 3.8) is 0 Å². The van der Waals surface area contributed by atoms with E-state index in [2.05, 4.69) is 10.1 Å². The van der Waals surface area contributed by atoms with E-state index in [1.54, 1.807) is 28.0 Å². The normalized spacial score (nSPS) is 13.1. The first-order valence-electron chi connectivity index (χ1n) is 10.6. The number of rotatable bonds is 5. The van der Waals surface area contributed by atoms with Gasteiger partial charge in [-0.15, -0.1) is 0 Å². The summed E-state index contributed by atoms with van der Waals surface area (Å²) in [5, 5.41) is 4.23. The van der Waals surface area contributed by atoms with Crippen LogP contribution in [0.2, 0.25) is 0 Å². The van der Waals surface area contributed by atoms with Crippen molar-refractivity contribution in [1.82, 2.24) is 19.7 Å². The molecule has 1 aliphatic rings. The van der Waals surface area contributed by atoms with Crippen LogP contribution < -0.4 is 4.90 Å². The van der Waals surface area contributed by atoms with Crippen molar-refractivity contribution in [1.29, 1.82) is 0 Å². The van der Waals surface area contributed by atoms with Gasteiger partial charge in [-0.25, -0.2) is 19.0 Å². The van der Waals surface area contributed by atoms with E-state index in [4.69, 9.17) is 4.98 Å². The Balaban J connectivity index is 1.47. The molecule has 0 spiro atoms. The van der Waals surface area contributed by atoms with Crippen LogP contribution in [0.25, 0.3) is 17.1 Å². The zero-order valence-electron chi connectivity index (χ0n) is 17.9. The summed E-state index contributed by atoms with van der Waals surface area (Å²) in [7, 11) is 0. The van der Waals surface area contributed by atoms with E-state index in [-0.39, 0.29) is 24.1 Å². The third-order valence-corrected chi connectivity index (χ3v) is 5.66. The van der Waals surface area contributed by atoms with Gasteiger partial charge in [0.1, 0.15) is 11.6 Å². The molecule has 5 rings (SSSR count). The first-order valence-corrected chi connectivity index (χ1v) is 10.6. The van der Waals surface area contributed by atoms with E-state index < -0.39 is 0 Å². The van der Waals surface area contributed by atoms with Gasteiger partial charge in [0.15, 0.2) is 5.82 Å². The number of fused-ring (bicyclic) bond motifs is 1. The highest BCUT2D eigenvalue weighted by molar-refractivity contribution is 6.00. The summed E-state index contributed by atoms with van der Waals surface area (Å²) in [6.07, 6.45) is 5.56. The van der Waals surface area contributed by atoms with Crippen molar-refractivity contribution in [2.45, 2.75) is 32.7 Å². The lowest BCUT2D eigenvalue weighted by atomic mass is 9.96. The third-order valence-electron chi connectivity index (χ3n) is 5.66. The molecule has 0 aliphatic carbocycles. The third kappa shape index (κ3) is 3.56. The maximum absolute atomic E-state index is 14.5. The molecular formula is C25H22FN5O. The number of anilines is 1. The highest BCUT2D eigenvalue weighted by Crippen LogP contribution is 2.33. The number of halogens is 1. The minimum Gasteiger partial charge on any atom is -0.292 e. The number of hydrogen-bond donors (Lipinski definition) is 0. The Hall–Kier alpha value is -3.87. The zero-order chi connectivity index (χ0) is 22.2. The fourth-order valence-electron chi connectivity index (χ4n) is 4.10. The number of amides is 1. The van der Waals surface area contributed by atoms with Gasteiger partial charge < -0.3 is 0 Å². The van der Waals surface area contributed by atoms with Gasteiger partial charge in [-0.3, -0.25) is 9.69 Å². The van der Waals surface area contributed by atoms with Crippen LogP contribution in [0.1, 0.15) is 36.5 Å². The van der Waals surface area contributed by atoms with Crippen LogP contribution in [0.4, 0.5) is 10.2 Å². The van der Waals surface area contributed by atoms with Gasteiger partial charge in [0.25, 0.3) is 0 Å². The summed E-state index contributed by atoms with van der Waals surface area (Å²) in [5.74, 6) is 0.711. The van der Waals surface area contributed by atoms with Crippen LogP contribution in [-0.4, -0.2) is 25.7 Å². The molecule has 6 nitrogen and oxygen atoms in total. The SMILES string of the molecule is CC(C)c1c(F)cccc1-c1ncc2c(n1)N(Cc1ccc(-n3cccn3)cc1)C(=O)C2. The number of nitrogens with zero attached hydrogens (tertiary/aromatic N) is 5. The van der Waals surface area contributed by atoms with Crippen LogP contribution in [0.3, 0.4) is 0 Å². The molecule has 0 saturated carbocycles. The Morgan fingerprint density at radius 2 is 1.91 bits per heavy atom. The predicted octanol–water partition coefficient (Wildman–Crippen LogP) is 4.68. The van der Waals surface area contributed by atoms with Crippen molar-refractivity contribution in [2.75, 3.05) is 4.90 Å². The van der Waals surface area contributed by atoms with E-state index in [1.165, 1.54) is 6.07 Å². The number of carbonyl (C=O) groups excluding carboxylic acids is 1. The van der Waals surface area contributed by atoms with Gasteiger partial charge in [0.2, 0.25) is 5.91 Å². The highest BCUT2D eigenvalue weighted by Gasteiger charge is 2.30. The average molecular weight is 427 g/mol. The standard InChI is InChI=1S/C25H22FN5O/c1-16(2)23-20(5-3-6-21(23)26)24-27-14-18-13-22(32)30(25(18)29-24)15-17-7-9-19(10-8-17)31-12-4-11-28-31/h3-12,14,16H,13,15H2,1-2H3. The molecule has 2 aromatic carbocycles. The molecule has 0 fully saturated rings. The molecule has 160 valence electrons. The fraction of sp³-hybridized carbons (Fsp3) is 0.200. The van der Waals surface area contributed by atoms with Gasteiger partial charge >= 0.3 is 0 Å². The van der Waals surface area contributed by atoms with Crippen LogP contribution in [0.5, 0.6) is 0 Å². The van der Waals surface area contributed by atoms with Crippen molar-refractivity contribution >= 4 is 11.7 Å². The second-order valence-electron chi connectivity index (χ2n) is 8.17. The molecule has 32 heavy (non-hydrogen) atoms. The summed E-state index contributed by atoms with van der Waals surface area (Å²) < 4.78 is 16.3. The number of hydrogen-bond acceptors (Lipinski definition) is 4. The van der Waals surface area contributed by atoms with Gasteiger partial charge in [0, 0.05) is 35.3 Å². The minimum absolute atomic E-state index is 0.0194. The van der Waals surface area contributed by atoms with E-state index in [9.17, 15) is 9.18 Å². The maximum atomic E-state index is 14.5. The molecule has 2 aromatic heterocycles. The van der Waals surface area contributed by atoms with Crippen molar-refractivity contribution in [2.24, 2.45) is 0 Å². The molecule has 1 aliphatic heterocycles. The van der Waals surface area contributed by atoms with E-state index >= 15 is 0 Å². The average Bonchev–Trinajstić information content (AvgIpc) is 3.42. The van der Waals surface area contributed by atoms with Crippen LogP contribution in [0.15, 0.2) is 67.1 Å². The molecule has 0 atom stereocenters. The predicted molar refractivity (Wildman–Crippen MR) is 120 cm³/mol. The highest BCUT2D eigenvalue weighted by atomic mass is 19.1.